The number of nitrogens with one attached hydrogen (secondary N) is 1. The minimum atomic E-state index is -3.88. The Kier molecular flexibility index (Phi) is 4.82. The second-order valence-electron chi connectivity index (χ2n) is 5.62. The molecule has 23 heavy (non-hydrogen) atoms. The Labute approximate surface area is 139 Å². The molecule has 0 spiro atoms. The lowest BCUT2D eigenvalue weighted by Crippen LogP contribution is -2.44. The average molecular weight is 355 g/mol. The first kappa shape index (κ1) is 16.6. The second-order valence-corrected chi connectivity index (χ2v) is 8.31. The third-order valence-electron chi connectivity index (χ3n) is 4.22. The van der Waals surface area contributed by atoms with Gasteiger partial charge in [0.15, 0.2) is 0 Å². The number of sulfonamides is 1. The molecule has 1 saturated heterocycles. The molecule has 0 amide bonds. The van der Waals surface area contributed by atoms with E-state index in [0.717, 1.165) is 23.8 Å². The summed E-state index contributed by atoms with van der Waals surface area (Å²) < 4.78 is 46.7. The zero-order valence-electron chi connectivity index (χ0n) is 12.5. The maximum atomic E-state index is 13.8. The Bertz CT molecular complexity index is 753. The van der Waals surface area contributed by atoms with Gasteiger partial charge in [-0.1, -0.05) is 18.2 Å². The van der Waals surface area contributed by atoms with Crippen molar-refractivity contribution in [3.05, 3.63) is 52.5 Å². The highest BCUT2D eigenvalue weighted by Crippen LogP contribution is 2.37. The fourth-order valence-corrected chi connectivity index (χ4v) is 5.02. The predicted octanol–water partition coefficient (Wildman–Crippen LogP) is 2.91. The molecule has 4 nitrogen and oxygen atoms in total. The molecule has 0 atom stereocenters. The minimum Gasteiger partial charge on any atom is -0.381 e. The quantitative estimate of drug-likeness (QED) is 0.897. The molecule has 1 aromatic carbocycles. The maximum Gasteiger partial charge on any atom is 0.243 e. The van der Waals surface area contributed by atoms with Crippen LogP contribution in [0.15, 0.2) is 46.7 Å². The molecule has 1 N–H and O–H groups in total. The summed E-state index contributed by atoms with van der Waals surface area (Å²) in [6, 6.07) is 9.40. The highest BCUT2D eigenvalue weighted by atomic mass is 32.2. The van der Waals surface area contributed by atoms with E-state index in [1.54, 1.807) is 11.3 Å². The first-order chi connectivity index (χ1) is 11.0. The van der Waals surface area contributed by atoms with Crippen LogP contribution < -0.4 is 4.72 Å². The summed E-state index contributed by atoms with van der Waals surface area (Å²) in [6.45, 7) is 1.44. The van der Waals surface area contributed by atoms with Gasteiger partial charge in [-0.15, -0.1) is 11.3 Å². The molecule has 0 saturated carbocycles. The van der Waals surface area contributed by atoms with Crippen LogP contribution in [-0.2, 0) is 20.2 Å². The lowest BCUT2D eigenvalue weighted by Gasteiger charge is -2.36. The fourth-order valence-electron chi connectivity index (χ4n) is 2.83. The van der Waals surface area contributed by atoms with E-state index in [4.69, 9.17) is 4.74 Å². The van der Waals surface area contributed by atoms with Gasteiger partial charge in [0.25, 0.3) is 0 Å². The molecule has 0 radical (unpaired) electrons. The highest BCUT2D eigenvalue weighted by Gasteiger charge is 2.36. The van der Waals surface area contributed by atoms with Crippen molar-refractivity contribution in [2.75, 3.05) is 19.8 Å². The van der Waals surface area contributed by atoms with E-state index in [0.29, 0.717) is 13.2 Å². The first-order valence-corrected chi connectivity index (χ1v) is 9.76. The molecule has 0 bridgehead atoms. The third kappa shape index (κ3) is 3.47. The Balaban J connectivity index is 1.83. The molecule has 124 valence electrons. The van der Waals surface area contributed by atoms with Gasteiger partial charge in [-0.3, -0.25) is 0 Å². The molecule has 1 aliphatic rings. The van der Waals surface area contributed by atoms with Gasteiger partial charge in [-0.2, -0.15) is 0 Å². The van der Waals surface area contributed by atoms with Crippen LogP contribution in [0.2, 0.25) is 0 Å². The normalized spacial score (nSPS) is 18.0. The summed E-state index contributed by atoms with van der Waals surface area (Å²) >= 11 is 1.61. The summed E-state index contributed by atoms with van der Waals surface area (Å²) in [7, 11) is -3.88. The van der Waals surface area contributed by atoms with Crippen molar-refractivity contribution in [1.29, 1.82) is 0 Å². The van der Waals surface area contributed by atoms with E-state index in [1.165, 1.54) is 18.2 Å². The smallest absolute Gasteiger partial charge is 0.243 e. The number of benzene rings is 1. The summed E-state index contributed by atoms with van der Waals surface area (Å²) in [4.78, 5) is 0.824. The highest BCUT2D eigenvalue weighted by molar-refractivity contribution is 7.89. The minimum absolute atomic E-state index is 0.244. The lowest BCUT2D eigenvalue weighted by atomic mass is 9.79. The van der Waals surface area contributed by atoms with Crippen LogP contribution in [0.1, 0.15) is 17.7 Å². The van der Waals surface area contributed by atoms with Crippen molar-refractivity contribution in [2.45, 2.75) is 23.2 Å². The van der Waals surface area contributed by atoms with Gasteiger partial charge in [-0.25, -0.2) is 17.5 Å². The molecular formula is C16H18FNO3S2. The monoisotopic (exact) mass is 355 g/mol. The SMILES string of the molecule is O=S(=O)(NCC1(c2cccs2)CCOCC1)c1ccccc1F. The average Bonchev–Trinajstić information content (AvgIpc) is 3.09. The fraction of sp³-hybridized carbons (Fsp3) is 0.375. The number of halogens is 1. The summed E-state index contributed by atoms with van der Waals surface area (Å²) in [6.07, 6.45) is 1.49. The molecular weight excluding hydrogens is 337 g/mol. The second kappa shape index (κ2) is 6.68. The molecule has 2 heterocycles. The molecule has 3 rings (SSSR count). The van der Waals surface area contributed by atoms with E-state index in [-0.39, 0.29) is 16.9 Å². The van der Waals surface area contributed by atoms with Gasteiger partial charge in [-0.05, 0) is 36.4 Å². The van der Waals surface area contributed by atoms with Crippen molar-refractivity contribution in [2.24, 2.45) is 0 Å². The van der Waals surface area contributed by atoms with Crippen molar-refractivity contribution in [3.8, 4) is 0 Å². The van der Waals surface area contributed by atoms with E-state index in [1.807, 2.05) is 17.5 Å². The number of hydrogen-bond donors (Lipinski definition) is 1. The summed E-state index contributed by atoms with van der Waals surface area (Å²) in [5.41, 5.74) is -0.287. The predicted molar refractivity (Wildman–Crippen MR) is 87.6 cm³/mol. The Morgan fingerprint density at radius 3 is 2.57 bits per heavy atom. The Morgan fingerprint density at radius 1 is 1.17 bits per heavy atom. The number of thiophene rings is 1. The largest absolute Gasteiger partial charge is 0.381 e. The number of ether oxygens (including phenoxy) is 1. The summed E-state index contributed by atoms with van der Waals surface area (Å²) in [5, 5.41) is 1.98. The van der Waals surface area contributed by atoms with E-state index < -0.39 is 15.8 Å². The Hall–Kier alpha value is -1.28. The van der Waals surface area contributed by atoms with Gasteiger partial charge >= 0.3 is 0 Å². The van der Waals surface area contributed by atoms with Crippen LogP contribution in [0.5, 0.6) is 0 Å². The van der Waals surface area contributed by atoms with Crippen LogP contribution in [0.25, 0.3) is 0 Å². The standard InChI is InChI=1S/C16H18FNO3S2/c17-13-4-1-2-5-14(13)23(19,20)18-12-16(7-9-21-10-8-16)15-6-3-11-22-15/h1-6,11,18H,7-10,12H2. The van der Waals surface area contributed by atoms with Crippen LogP contribution in [0, 0.1) is 5.82 Å². The van der Waals surface area contributed by atoms with Crippen molar-refractivity contribution < 1.29 is 17.5 Å². The lowest BCUT2D eigenvalue weighted by molar-refractivity contribution is 0.0529. The van der Waals surface area contributed by atoms with Crippen molar-refractivity contribution in [3.63, 3.8) is 0 Å². The van der Waals surface area contributed by atoms with E-state index >= 15 is 0 Å². The van der Waals surface area contributed by atoms with E-state index in [2.05, 4.69) is 4.72 Å². The molecule has 1 aliphatic heterocycles. The molecule has 7 heteroatoms. The first-order valence-electron chi connectivity index (χ1n) is 7.39. The maximum absolute atomic E-state index is 13.8. The summed E-state index contributed by atoms with van der Waals surface area (Å²) in [5.74, 6) is -0.739. The number of hydrogen-bond acceptors (Lipinski definition) is 4. The van der Waals surface area contributed by atoms with Gasteiger partial charge in [0, 0.05) is 30.1 Å². The molecule has 1 aromatic heterocycles. The van der Waals surface area contributed by atoms with Crippen LogP contribution in [0.3, 0.4) is 0 Å². The molecule has 1 fully saturated rings. The van der Waals surface area contributed by atoms with E-state index in [9.17, 15) is 12.8 Å². The van der Waals surface area contributed by atoms with Crippen LogP contribution in [0.4, 0.5) is 4.39 Å². The van der Waals surface area contributed by atoms with Gasteiger partial charge < -0.3 is 4.74 Å². The van der Waals surface area contributed by atoms with Crippen LogP contribution >= 0.6 is 11.3 Å². The Morgan fingerprint density at radius 2 is 1.91 bits per heavy atom. The molecule has 0 aliphatic carbocycles. The van der Waals surface area contributed by atoms with Crippen LogP contribution in [-0.4, -0.2) is 28.2 Å². The third-order valence-corrected chi connectivity index (χ3v) is 6.77. The number of rotatable bonds is 5. The van der Waals surface area contributed by atoms with Crippen molar-refractivity contribution in [1.82, 2.24) is 4.72 Å². The molecule has 2 aromatic rings. The molecule has 0 unspecified atom stereocenters. The van der Waals surface area contributed by atoms with Crippen molar-refractivity contribution >= 4 is 21.4 Å². The zero-order chi connectivity index (χ0) is 16.3. The van der Waals surface area contributed by atoms with Gasteiger partial charge in [0.05, 0.1) is 0 Å². The topological polar surface area (TPSA) is 55.4 Å². The van der Waals surface area contributed by atoms with Gasteiger partial charge in [0.1, 0.15) is 10.7 Å². The van der Waals surface area contributed by atoms with Gasteiger partial charge in [0.2, 0.25) is 10.0 Å². The zero-order valence-corrected chi connectivity index (χ0v) is 14.1.